The Labute approximate surface area is 149 Å². The van der Waals surface area contributed by atoms with E-state index in [0.29, 0.717) is 0 Å². The molecule has 0 aliphatic carbocycles. The standard InChI is InChI=1S/C20H27NO4/c1-4-5-10-21(2,3)13-16(14-6-8-17(22)19(24)11-14)15-7-9-18(23)20(25)12-15/h6-9,11-12,16H,4-5,10,13H2,1-3H3,(H3-,22,23,24,25)/p+1. The Bertz CT molecular complexity index is 676. The number of hydrogen-bond donors (Lipinski definition) is 4. The molecule has 0 saturated heterocycles. The highest BCUT2D eigenvalue weighted by Gasteiger charge is 2.26. The van der Waals surface area contributed by atoms with Gasteiger partial charge in [0.25, 0.3) is 0 Å². The number of rotatable bonds is 7. The first-order chi connectivity index (χ1) is 11.7. The molecular weight excluding hydrogens is 318 g/mol. The molecule has 0 amide bonds. The van der Waals surface area contributed by atoms with Crippen molar-refractivity contribution < 1.29 is 24.9 Å². The Hall–Kier alpha value is -2.40. The fraction of sp³-hybridized carbons (Fsp3) is 0.400. The lowest BCUT2D eigenvalue weighted by Gasteiger charge is -2.34. The Morgan fingerprint density at radius 3 is 1.68 bits per heavy atom. The minimum Gasteiger partial charge on any atom is -0.504 e. The van der Waals surface area contributed by atoms with Gasteiger partial charge in [0.1, 0.15) is 0 Å². The van der Waals surface area contributed by atoms with Gasteiger partial charge >= 0.3 is 0 Å². The van der Waals surface area contributed by atoms with Crippen LogP contribution in [0, 0.1) is 0 Å². The lowest BCUT2D eigenvalue weighted by Crippen LogP contribution is -2.43. The third-order valence-corrected chi connectivity index (χ3v) is 4.60. The fourth-order valence-corrected chi connectivity index (χ4v) is 3.09. The summed E-state index contributed by atoms with van der Waals surface area (Å²) < 4.78 is 0.780. The molecule has 0 bridgehead atoms. The zero-order valence-electron chi connectivity index (χ0n) is 15.1. The molecule has 2 aromatic carbocycles. The van der Waals surface area contributed by atoms with Crippen LogP contribution >= 0.6 is 0 Å². The highest BCUT2D eigenvalue weighted by Crippen LogP contribution is 2.36. The van der Waals surface area contributed by atoms with Crippen LogP contribution in [0.25, 0.3) is 0 Å². The average Bonchev–Trinajstić information content (AvgIpc) is 2.56. The molecule has 0 fully saturated rings. The minimum absolute atomic E-state index is 0.0927. The van der Waals surface area contributed by atoms with Crippen molar-refractivity contribution in [3.63, 3.8) is 0 Å². The summed E-state index contributed by atoms with van der Waals surface area (Å²) in [4.78, 5) is 0. The molecule has 4 N–H and O–H groups in total. The second kappa shape index (κ2) is 7.66. The number of hydrogen-bond acceptors (Lipinski definition) is 4. The monoisotopic (exact) mass is 346 g/mol. The molecule has 0 radical (unpaired) electrons. The van der Waals surface area contributed by atoms with E-state index in [2.05, 4.69) is 21.0 Å². The number of nitrogens with zero attached hydrogens (tertiary/aromatic N) is 1. The zero-order chi connectivity index (χ0) is 18.6. The van der Waals surface area contributed by atoms with Gasteiger partial charge in [-0.2, -0.15) is 0 Å². The second-order valence-electron chi connectivity index (χ2n) is 7.24. The molecule has 2 rings (SSSR count). The summed E-state index contributed by atoms with van der Waals surface area (Å²) in [5, 5.41) is 39.0. The molecular formula is C20H28NO4+. The molecule has 5 heteroatoms. The maximum Gasteiger partial charge on any atom is 0.157 e. The third-order valence-electron chi connectivity index (χ3n) is 4.60. The van der Waals surface area contributed by atoms with Gasteiger partial charge in [0.15, 0.2) is 23.0 Å². The van der Waals surface area contributed by atoms with Gasteiger partial charge < -0.3 is 24.9 Å². The van der Waals surface area contributed by atoms with Crippen molar-refractivity contribution in [1.82, 2.24) is 0 Å². The van der Waals surface area contributed by atoms with Gasteiger partial charge in [-0.25, -0.2) is 0 Å². The molecule has 0 aliphatic heterocycles. The maximum atomic E-state index is 9.89. The van der Waals surface area contributed by atoms with Crippen LogP contribution in [0.4, 0.5) is 0 Å². The fourth-order valence-electron chi connectivity index (χ4n) is 3.09. The highest BCUT2D eigenvalue weighted by molar-refractivity contribution is 5.47. The van der Waals surface area contributed by atoms with Gasteiger partial charge in [-0.3, -0.25) is 0 Å². The molecule has 25 heavy (non-hydrogen) atoms. The Morgan fingerprint density at radius 1 is 0.800 bits per heavy atom. The Morgan fingerprint density at radius 2 is 1.28 bits per heavy atom. The summed E-state index contributed by atoms with van der Waals surface area (Å²) in [5.74, 6) is -0.731. The molecule has 2 aromatic rings. The average molecular weight is 346 g/mol. The van der Waals surface area contributed by atoms with Gasteiger partial charge in [-0.1, -0.05) is 25.5 Å². The summed E-state index contributed by atoms with van der Waals surface area (Å²) in [6.45, 7) is 3.93. The van der Waals surface area contributed by atoms with Crippen molar-refractivity contribution in [1.29, 1.82) is 0 Å². The number of phenols is 4. The van der Waals surface area contributed by atoms with Crippen LogP contribution in [0.5, 0.6) is 23.0 Å². The zero-order valence-corrected chi connectivity index (χ0v) is 15.1. The predicted octanol–water partition coefficient (Wildman–Crippen LogP) is 3.52. The van der Waals surface area contributed by atoms with E-state index in [1.807, 2.05) is 0 Å². The predicted molar refractivity (Wildman–Crippen MR) is 98.1 cm³/mol. The van der Waals surface area contributed by atoms with Gasteiger partial charge in [0.05, 0.1) is 33.1 Å². The number of benzene rings is 2. The van der Waals surface area contributed by atoms with Crippen molar-refractivity contribution in [2.24, 2.45) is 0 Å². The summed E-state index contributed by atoms with van der Waals surface area (Å²) >= 11 is 0. The molecule has 0 unspecified atom stereocenters. The Balaban J connectivity index is 2.43. The SMILES string of the molecule is CCCC[N+](C)(C)CC(c1ccc(O)c(O)c1)c1ccc(O)c(O)c1. The maximum absolute atomic E-state index is 9.89. The van der Waals surface area contributed by atoms with Gasteiger partial charge in [-0.15, -0.1) is 0 Å². The summed E-state index contributed by atoms with van der Waals surface area (Å²) in [7, 11) is 4.31. The highest BCUT2D eigenvalue weighted by atomic mass is 16.3. The number of aromatic hydroxyl groups is 4. The first-order valence-electron chi connectivity index (χ1n) is 8.59. The molecule has 0 spiro atoms. The van der Waals surface area contributed by atoms with Crippen molar-refractivity contribution in [3.8, 4) is 23.0 Å². The van der Waals surface area contributed by atoms with Crippen LogP contribution in [-0.4, -0.2) is 52.1 Å². The summed E-state index contributed by atoms with van der Waals surface area (Å²) in [6.07, 6.45) is 2.23. The van der Waals surface area contributed by atoms with Gasteiger partial charge in [0, 0.05) is 0 Å². The van der Waals surface area contributed by atoms with Crippen molar-refractivity contribution in [3.05, 3.63) is 47.5 Å². The lowest BCUT2D eigenvalue weighted by atomic mass is 9.89. The summed E-state index contributed by atoms with van der Waals surface area (Å²) in [6, 6.07) is 9.63. The van der Waals surface area contributed by atoms with Crippen LogP contribution in [0.3, 0.4) is 0 Å². The lowest BCUT2D eigenvalue weighted by molar-refractivity contribution is -0.891. The van der Waals surface area contributed by atoms with E-state index in [-0.39, 0.29) is 28.9 Å². The number of phenolic OH excluding ortho intramolecular Hbond substituents is 4. The molecule has 0 atom stereocenters. The molecule has 136 valence electrons. The summed E-state index contributed by atoms with van der Waals surface area (Å²) in [5.41, 5.74) is 1.70. The van der Waals surface area contributed by atoms with E-state index >= 15 is 0 Å². The molecule has 0 heterocycles. The van der Waals surface area contributed by atoms with Crippen LogP contribution in [0.2, 0.25) is 0 Å². The number of unbranched alkanes of at least 4 members (excludes halogenated alkanes) is 1. The van der Waals surface area contributed by atoms with Gasteiger partial charge in [0.2, 0.25) is 0 Å². The van der Waals surface area contributed by atoms with Crippen molar-refractivity contribution >= 4 is 0 Å². The molecule has 0 saturated carbocycles. The van der Waals surface area contributed by atoms with E-state index in [4.69, 9.17) is 0 Å². The third kappa shape index (κ3) is 4.79. The van der Waals surface area contributed by atoms with Crippen LogP contribution in [0.1, 0.15) is 36.8 Å². The number of quaternary nitrogens is 1. The topological polar surface area (TPSA) is 80.9 Å². The van der Waals surface area contributed by atoms with E-state index in [1.165, 1.54) is 12.1 Å². The molecule has 5 nitrogen and oxygen atoms in total. The van der Waals surface area contributed by atoms with Crippen molar-refractivity contribution in [2.45, 2.75) is 25.7 Å². The largest absolute Gasteiger partial charge is 0.504 e. The Kier molecular flexibility index (Phi) is 5.80. The smallest absolute Gasteiger partial charge is 0.157 e. The second-order valence-corrected chi connectivity index (χ2v) is 7.24. The van der Waals surface area contributed by atoms with E-state index in [9.17, 15) is 20.4 Å². The number of likely N-dealkylation sites (N-methyl/N-ethyl adjacent to an activating group) is 1. The van der Waals surface area contributed by atoms with E-state index < -0.39 is 0 Å². The quantitative estimate of drug-likeness (QED) is 0.457. The first-order valence-corrected chi connectivity index (χ1v) is 8.59. The van der Waals surface area contributed by atoms with Crippen molar-refractivity contribution in [2.75, 3.05) is 27.2 Å². The molecule has 0 aromatic heterocycles. The first kappa shape index (κ1) is 18.9. The van der Waals surface area contributed by atoms with Gasteiger partial charge in [-0.05, 0) is 41.8 Å². The van der Waals surface area contributed by atoms with Crippen LogP contribution in [-0.2, 0) is 0 Å². The molecule has 0 aliphatic rings. The minimum atomic E-state index is -0.163. The van der Waals surface area contributed by atoms with Crippen LogP contribution in [0.15, 0.2) is 36.4 Å². The normalized spacial score (nSPS) is 11.8. The van der Waals surface area contributed by atoms with E-state index in [0.717, 1.165) is 41.5 Å². The van der Waals surface area contributed by atoms with E-state index in [1.54, 1.807) is 24.3 Å². The van der Waals surface area contributed by atoms with Crippen LogP contribution < -0.4 is 0 Å².